The van der Waals surface area contributed by atoms with Crippen LogP contribution in [-0.4, -0.2) is 23.7 Å². The fourth-order valence-electron chi connectivity index (χ4n) is 2.03. The van der Waals surface area contributed by atoms with Crippen LogP contribution in [0.1, 0.15) is 37.0 Å². The molecule has 1 saturated heterocycles. The quantitative estimate of drug-likeness (QED) is 0.604. The van der Waals surface area contributed by atoms with E-state index in [0.717, 1.165) is 30.4 Å². The van der Waals surface area contributed by atoms with Crippen LogP contribution in [0.15, 0.2) is 29.2 Å². The van der Waals surface area contributed by atoms with E-state index in [1.54, 1.807) is 11.8 Å². The molecule has 2 rings (SSSR count). The number of rotatable bonds is 4. The molecule has 2 nitrogen and oxygen atoms in total. The van der Waals surface area contributed by atoms with Gasteiger partial charge in [0.05, 0.1) is 11.7 Å². The van der Waals surface area contributed by atoms with Crippen LogP contribution in [0, 0.1) is 0 Å². The van der Waals surface area contributed by atoms with Crippen molar-refractivity contribution >= 4 is 18.0 Å². The summed E-state index contributed by atoms with van der Waals surface area (Å²) in [6.45, 7) is 4.30. The van der Waals surface area contributed by atoms with Crippen molar-refractivity contribution in [2.24, 2.45) is 0 Å². The SMILES string of the molecule is CC1(C)CCC(CSc2ccc(C=O)cc2)O1. The van der Waals surface area contributed by atoms with Gasteiger partial charge in [0.1, 0.15) is 6.29 Å². The number of carbonyl (C=O) groups is 1. The highest BCUT2D eigenvalue weighted by Gasteiger charge is 2.31. The predicted molar refractivity (Wildman–Crippen MR) is 70.7 cm³/mol. The molecule has 1 fully saturated rings. The highest BCUT2D eigenvalue weighted by Crippen LogP contribution is 2.32. The fourth-order valence-corrected chi connectivity index (χ4v) is 2.97. The topological polar surface area (TPSA) is 26.3 Å². The third-order valence-corrected chi connectivity index (χ3v) is 4.15. The molecule has 0 aliphatic carbocycles. The number of hydrogen-bond acceptors (Lipinski definition) is 3. The Bertz CT molecular complexity index is 384. The Balaban J connectivity index is 1.84. The van der Waals surface area contributed by atoms with Gasteiger partial charge in [0, 0.05) is 16.2 Å². The lowest BCUT2D eigenvalue weighted by Gasteiger charge is -2.18. The second-order valence-electron chi connectivity index (χ2n) is 5.04. The van der Waals surface area contributed by atoms with Crippen LogP contribution in [-0.2, 0) is 4.74 Å². The highest BCUT2D eigenvalue weighted by atomic mass is 32.2. The lowest BCUT2D eigenvalue weighted by Crippen LogP contribution is -2.20. The first kappa shape index (κ1) is 12.7. The van der Waals surface area contributed by atoms with Gasteiger partial charge in [0.25, 0.3) is 0 Å². The van der Waals surface area contributed by atoms with E-state index in [4.69, 9.17) is 4.74 Å². The fraction of sp³-hybridized carbons (Fsp3) is 0.500. The first-order valence-electron chi connectivity index (χ1n) is 5.95. The number of aldehydes is 1. The Hall–Kier alpha value is -0.800. The predicted octanol–water partition coefficient (Wildman–Crippen LogP) is 3.55. The van der Waals surface area contributed by atoms with E-state index in [1.165, 1.54) is 4.90 Å². The number of carbonyl (C=O) groups excluding carboxylic acids is 1. The lowest BCUT2D eigenvalue weighted by atomic mass is 10.1. The Kier molecular flexibility index (Phi) is 3.89. The molecule has 0 amide bonds. The highest BCUT2D eigenvalue weighted by molar-refractivity contribution is 7.99. The van der Waals surface area contributed by atoms with Gasteiger partial charge in [0.15, 0.2) is 0 Å². The van der Waals surface area contributed by atoms with Crippen molar-refractivity contribution in [2.45, 2.75) is 43.3 Å². The summed E-state index contributed by atoms with van der Waals surface area (Å²) in [6.07, 6.45) is 3.52. The number of thioether (sulfide) groups is 1. The van der Waals surface area contributed by atoms with Crippen LogP contribution >= 0.6 is 11.8 Å². The van der Waals surface area contributed by atoms with Crippen LogP contribution in [0.3, 0.4) is 0 Å². The normalized spacial score (nSPS) is 22.6. The largest absolute Gasteiger partial charge is 0.371 e. The van der Waals surface area contributed by atoms with Gasteiger partial charge in [-0.15, -0.1) is 11.8 Å². The molecule has 1 aromatic rings. The lowest BCUT2D eigenvalue weighted by molar-refractivity contribution is -0.00466. The average Bonchev–Trinajstić information content (AvgIpc) is 2.67. The van der Waals surface area contributed by atoms with Crippen LogP contribution in [0.4, 0.5) is 0 Å². The van der Waals surface area contributed by atoms with E-state index >= 15 is 0 Å². The first-order valence-corrected chi connectivity index (χ1v) is 6.93. The van der Waals surface area contributed by atoms with Crippen LogP contribution in [0.5, 0.6) is 0 Å². The average molecular weight is 250 g/mol. The Morgan fingerprint density at radius 1 is 1.41 bits per heavy atom. The maximum atomic E-state index is 10.5. The minimum Gasteiger partial charge on any atom is -0.371 e. The summed E-state index contributed by atoms with van der Waals surface area (Å²) < 4.78 is 5.94. The monoisotopic (exact) mass is 250 g/mol. The van der Waals surface area contributed by atoms with E-state index < -0.39 is 0 Å². The van der Waals surface area contributed by atoms with Crippen molar-refractivity contribution in [1.29, 1.82) is 0 Å². The molecule has 92 valence electrons. The summed E-state index contributed by atoms with van der Waals surface area (Å²) >= 11 is 1.80. The third-order valence-electron chi connectivity index (χ3n) is 3.01. The standard InChI is InChI=1S/C14H18O2S/c1-14(2)8-7-12(16-14)10-17-13-5-3-11(9-15)4-6-13/h3-6,9,12H,7-8,10H2,1-2H3. The van der Waals surface area contributed by atoms with Gasteiger partial charge in [-0.05, 0) is 38.8 Å². The maximum absolute atomic E-state index is 10.5. The summed E-state index contributed by atoms with van der Waals surface area (Å²) in [5.74, 6) is 0.990. The molecule has 1 atom stereocenters. The molecule has 0 radical (unpaired) electrons. The Labute approximate surface area is 107 Å². The van der Waals surface area contributed by atoms with Gasteiger partial charge in [-0.3, -0.25) is 4.79 Å². The van der Waals surface area contributed by atoms with E-state index in [1.807, 2.05) is 24.3 Å². The van der Waals surface area contributed by atoms with Crippen LogP contribution in [0.25, 0.3) is 0 Å². The summed E-state index contributed by atoms with van der Waals surface area (Å²) in [5.41, 5.74) is 0.777. The molecule has 1 aliphatic heterocycles. The summed E-state index contributed by atoms with van der Waals surface area (Å²) in [5, 5.41) is 0. The molecule has 1 aromatic carbocycles. The maximum Gasteiger partial charge on any atom is 0.150 e. The number of ether oxygens (including phenoxy) is 1. The van der Waals surface area contributed by atoms with Crippen LogP contribution in [0.2, 0.25) is 0 Å². The first-order chi connectivity index (χ1) is 8.09. The van der Waals surface area contributed by atoms with Crippen LogP contribution < -0.4 is 0 Å². The van der Waals surface area contributed by atoms with E-state index in [0.29, 0.717) is 6.10 Å². The zero-order chi connectivity index (χ0) is 12.3. The summed E-state index contributed by atoms with van der Waals surface area (Å²) in [4.78, 5) is 11.7. The molecule has 0 saturated carbocycles. The summed E-state index contributed by atoms with van der Waals surface area (Å²) in [7, 11) is 0. The number of benzene rings is 1. The Morgan fingerprint density at radius 2 is 2.12 bits per heavy atom. The molecule has 0 N–H and O–H groups in total. The van der Waals surface area contributed by atoms with Crippen molar-refractivity contribution in [3.05, 3.63) is 29.8 Å². The second kappa shape index (κ2) is 5.23. The van der Waals surface area contributed by atoms with E-state index in [2.05, 4.69) is 13.8 Å². The molecular weight excluding hydrogens is 232 g/mol. The molecule has 3 heteroatoms. The van der Waals surface area contributed by atoms with Gasteiger partial charge >= 0.3 is 0 Å². The third kappa shape index (κ3) is 3.58. The molecular formula is C14H18O2S. The molecule has 1 aliphatic rings. The van der Waals surface area contributed by atoms with Crippen molar-refractivity contribution in [3.63, 3.8) is 0 Å². The van der Waals surface area contributed by atoms with Gasteiger partial charge in [0.2, 0.25) is 0 Å². The van der Waals surface area contributed by atoms with Gasteiger partial charge in [-0.25, -0.2) is 0 Å². The summed E-state index contributed by atoms with van der Waals surface area (Å²) in [6, 6.07) is 7.70. The second-order valence-corrected chi connectivity index (χ2v) is 6.13. The molecule has 17 heavy (non-hydrogen) atoms. The van der Waals surface area contributed by atoms with Gasteiger partial charge < -0.3 is 4.74 Å². The number of hydrogen-bond donors (Lipinski definition) is 0. The van der Waals surface area contributed by atoms with Gasteiger partial charge in [-0.2, -0.15) is 0 Å². The molecule has 1 unspecified atom stereocenters. The zero-order valence-corrected chi connectivity index (χ0v) is 11.1. The molecule has 0 bridgehead atoms. The minimum atomic E-state index is 0.0482. The molecule has 0 aromatic heterocycles. The van der Waals surface area contributed by atoms with E-state index in [9.17, 15) is 4.79 Å². The van der Waals surface area contributed by atoms with Crippen molar-refractivity contribution in [1.82, 2.24) is 0 Å². The van der Waals surface area contributed by atoms with E-state index in [-0.39, 0.29) is 5.60 Å². The van der Waals surface area contributed by atoms with Crippen molar-refractivity contribution < 1.29 is 9.53 Å². The molecule has 1 heterocycles. The smallest absolute Gasteiger partial charge is 0.150 e. The van der Waals surface area contributed by atoms with Gasteiger partial charge in [-0.1, -0.05) is 12.1 Å². The Morgan fingerprint density at radius 3 is 2.65 bits per heavy atom. The zero-order valence-electron chi connectivity index (χ0n) is 10.3. The van der Waals surface area contributed by atoms with Crippen molar-refractivity contribution in [3.8, 4) is 0 Å². The molecule has 0 spiro atoms. The minimum absolute atomic E-state index is 0.0482. The van der Waals surface area contributed by atoms with Crippen molar-refractivity contribution in [2.75, 3.05) is 5.75 Å².